The van der Waals surface area contributed by atoms with E-state index in [1.54, 1.807) is 4.90 Å². The second kappa shape index (κ2) is 6.30. The molecule has 2 bridgehead atoms. The molecule has 156 valence electrons. The smallest absolute Gasteiger partial charge is 0.246 e. The van der Waals surface area contributed by atoms with Crippen molar-refractivity contribution >= 4 is 17.7 Å². The maximum Gasteiger partial charge on any atom is 0.246 e. The number of fused-ring (bicyclic) bond motifs is 1. The van der Waals surface area contributed by atoms with E-state index in [1.807, 2.05) is 12.2 Å². The van der Waals surface area contributed by atoms with Crippen molar-refractivity contribution in [2.45, 2.75) is 93.7 Å². The molecule has 5 fully saturated rings. The monoisotopic (exact) mass is 399 g/mol. The lowest BCUT2D eigenvalue weighted by Crippen LogP contribution is -2.57. The molecule has 2 N–H and O–H groups in total. The van der Waals surface area contributed by atoms with Gasteiger partial charge in [0.25, 0.3) is 0 Å². The Balaban J connectivity index is 1.31. The average Bonchev–Trinajstić information content (AvgIpc) is 3.63. The third-order valence-electron chi connectivity index (χ3n) is 7.68. The average molecular weight is 399 g/mol. The van der Waals surface area contributed by atoms with E-state index in [-0.39, 0.29) is 35.8 Å². The second-order valence-electron chi connectivity index (χ2n) is 9.80. The second-order valence-corrected chi connectivity index (χ2v) is 9.80. The molecule has 3 saturated carbocycles. The van der Waals surface area contributed by atoms with Crippen molar-refractivity contribution in [2.24, 2.45) is 11.8 Å². The maximum atomic E-state index is 13.5. The standard InChI is InChI=1S/C22H29N3O4/c26-19(23-13-6-7-13)16-15-10-11-22(29-15)17(16)21(28)25(14-8-9-14)18(22)20(27)24-12-4-2-1-3-5-12/h10-18H,1-9H2,(H,23,26)(H,24,27)/t15-,16-,17-,18+,22-/m1/s1. The Labute approximate surface area is 170 Å². The summed E-state index contributed by atoms with van der Waals surface area (Å²) in [6.07, 6.45) is 12.8. The Kier molecular flexibility index (Phi) is 3.90. The van der Waals surface area contributed by atoms with E-state index in [0.717, 1.165) is 51.4 Å². The topological polar surface area (TPSA) is 87.7 Å². The molecule has 1 spiro atoms. The predicted octanol–water partition coefficient (Wildman–Crippen LogP) is 1.03. The lowest BCUT2D eigenvalue weighted by Gasteiger charge is -2.34. The Morgan fingerprint density at radius 1 is 0.966 bits per heavy atom. The molecular formula is C22H29N3O4. The van der Waals surface area contributed by atoms with Crippen LogP contribution in [0.2, 0.25) is 0 Å². The van der Waals surface area contributed by atoms with Crippen LogP contribution < -0.4 is 10.6 Å². The third kappa shape index (κ3) is 2.69. The van der Waals surface area contributed by atoms with Crippen LogP contribution in [-0.2, 0) is 19.1 Å². The highest BCUT2D eigenvalue weighted by Gasteiger charge is 2.74. The number of carbonyl (C=O) groups is 3. The minimum atomic E-state index is -0.991. The van der Waals surface area contributed by atoms with Gasteiger partial charge in [-0.15, -0.1) is 0 Å². The Morgan fingerprint density at radius 3 is 2.34 bits per heavy atom. The fourth-order valence-corrected chi connectivity index (χ4v) is 6.00. The molecule has 29 heavy (non-hydrogen) atoms. The highest BCUT2D eigenvalue weighted by molar-refractivity contribution is 6.00. The van der Waals surface area contributed by atoms with Gasteiger partial charge in [0.05, 0.1) is 17.9 Å². The number of nitrogens with one attached hydrogen (secondary N) is 2. The van der Waals surface area contributed by atoms with E-state index >= 15 is 0 Å². The molecule has 6 rings (SSSR count). The van der Waals surface area contributed by atoms with E-state index in [0.29, 0.717) is 0 Å². The van der Waals surface area contributed by atoms with E-state index in [9.17, 15) is 14.4 Å². The van der Waals surface area contributed by atoms with E-state index in [1.165, 1.54) is 6.42 Å². The van der Waals surface area contributed by atoms with Gasteiger partial charge in [0.2, 0.25) is 17.7 Å². The first-order valence-corrected chi connectivity index (χ1v) is 11.4. The highest BCUT2D eigenvalue weighted by atomic mass is 16.5. The summed E-state index contributed by atoms with van der Waals surface area (Å²) in [5, 5.41) is 6.28. The largest absolute Gasteiger partial charge is 0.359 e. The van der Waals surface area contributed by atoms with Crippen molar-refractivity contribution in [2.75, 3.05) is 0 Å². The Hall–Kier alpha value is -1.89. The van der Waals surface area contributed by atoms with Gasteiger partial charge < -0.3 is 20.3 Å². The first-order chi connectivity index (χ1) is 14.1. The zero-order chi connectivity index (χ0) is 19.8. The number of ether oxygens (including phenoxy) is 1. The Morgan fingerprint density at radius 2 is 1.66 bits per heavy atom. The van der Waals surface area contributed by atoms with Crippen LogP contribution >= 0.6 is 0 Å². The zero-order valence-corrected chi connectivity index (χ0v) is 16.6. The molecule has 0 aromatic rings. The number of hydrogen-bond acceptors (Lipinski definition) is 4. The molecule has 6 aliphatic rings. The number of likely N-dealkylation sites (tertiary alicyclic amines) is 1. The maximum absolute atomic E-state index is 13.5. The summed E-state index contributed by atoms with van der Waals surface area (Å²) < 4.78 is 6.33. The third-order valence-corrected chi connectivity index (χ3v) is 7.68. The van der Waals surface area contributed by atoms with Crippen LogP contribution in [0.25, 0.3) is 0 Å². The molecule has 5 atom stereocenters. The van der Waals surface area contributed by atoms with Crippen molar-refractivity contribution < 1.29 is 19.1 Å². The fourth-order valence-electron chi connectivity index (χ4n) is 6.00. The van der Waals surface area contributed by atoms with Crippen LogP contribution in [0.5, 0.6) is 0 Å². The van der Waals surface area contributed by atoms with Crippen molar-refractivity contribution in [1.29, 1.82) is 0 Å². The van der Waals surface area contributed by atoms with Crippen LogP contribution in [0.15, 0.2) is 12.2 Å². The summed E-state index contributed by atoms with van der Waals surface area (Å²) >= 11 is 0. The minimum absolute atomic E-state index is 0.0703. The predicted molar refractivity (Wildman–Crippen MR) is 104 cm³/mol. The lowest BCUT2D eigenvalue weighted by molar-refractivity contribution is -0.142. The van der Waals surface area contributed by atoms with Gasteiger partial charge in [0.15, 0.2) is 0 Å². The van der Waals surface area contributed by atoms with Crippen LogP contribution in [0.4, 0.5) is 0 Å². The minimum Gasteiger partial charge on any atom is -0.359 e. The summed E-state index contributed by atoms with van der Waals surface area (Å²) in [5.41, 5.74) is -0.991. The molecule has 3 aliphatic heterocycles. The SMILES string of the molecule is O=C(NC1CC1)[C@@H]1[C@H]2C=C[C@]3(O2)[C@H](C(=O)NC2CCCCC2)N(C2CC2)C(=O)[C@@H]13. The molecule has 0 unspecified atom stereocenters. The van der Waals surface area contributed by atoms with Gasteiger partial charge in [0, 0.05) is 18.1 Å². The van der Waals surface area contributed by atoms with Gasteiger partial charge in [-0.25, -0.2) is 0 Å². The molecule has 2 saturated heterocycles. The number of amides is 3. The first kappa shape index (κ1) is 17.9. The summed E-state index contributed by atoms with van der Waals surface area (Å²) in [6.45, 7) is 0. The summed E-state index contributed by atoms with van der Waals surface area (Å²) in [7, 11) is 0. The van der Waals surface area contributed by atoms with Gasteiger partial charge in [-0.1, -0.05) is 31.4 Å². The van der Waals surface area contributed by atoms with Crippen LogP contribution in [0, 0.1) is 11.8 Å². The summed E-state index contributed by atoms with van der Waals surface area (Å²) in [4.78, 5) is 41.7. The molecular weight excluding hydrogens is 370 g/mol. The molecule has 7 nitrogen and oxygen atoms in total. The molecule has 3 heterocycles. The van der Waals surface area contributed by atoms with Crippen molar-refractivity contribution in [3.05, 3.63) is 12.2 Å². The first-order valence-electron chi connectivity index (χ1n) is 11.4. The molecule has 0 radical (unpaired) electrons. The molecule has 3 aliphatic carbocycles. The van der Waals surface area contributed by atoms with Gasteiger partial charge in [-0.3, -0.25) is 14.4 Å². The summed E-state index contributed by atoms with van der Waals surface area (Å²) in [6, 6.07) is -0.135. The molecule has 3 amide bonds. The van der Waals surface area contributed by atoms with E-state index in [2.05, 4.69) is 10.6 Å². The van der Waals surface area contributed by atoms with Crippen LogP contribution in [-0.4, -0.2) is 58.5 Å². The van der Waals surface area contributed by atoms with E-state index < -0.39 is 29.6 Å². The van der Waals surface area contributed by atoms with Crippen molar-refractivity contribution in [3.63, 3.8) is 0 Å². The van der Waals surface area contributed by atoms with Gasteiger partial charge in [-0.05, 0) is 38.5 Å². The zero-order valence-electron chi connectivity index (χ0n) is 16.6. The lowest BCUT2D eigenvalue weighted by atomic mass is 9.74. The van der Waals surface area contributed by atoms with Crippen molar-refractivity contribution in [1.82, 2.24) is 15.5 Å². The molecule has 0 aromatic heterocycles. The normalized spacial score (nSPS) is 41.0. The van der Waals surface area contributed by atoms with Crippen LogP contribution in [0.1, 0.15) is 57.8 Å². The van der Waals surface area contributed by atoms with Gasteiger partial charge in [-0.2, -0.15) is 0 Å². The molecule has 0 aromatic carbocycles. The van der Waals surface area contributed by atoms with Gasteiger partial charge >= 0.3 is 0 Å². The number of hydrogen-bond donors (Lipinski definition) is 2. The quantitative estimate of drug-likeness (QED) is 0.676. The molecule has 7 heteroatoms. The fraction of sp³-hybridized carbons (Fsp3) is 0.773. The number of nitrogens with zero attached hydrogens (tertiary/aromatic N) is 1. The van der Waals surface area contributed by atoms with Crippen LogP contribution in [0.3, 0.4) is 0 Å². The van der Waals surface area contributed by atoms with Gasteiger partial charge in [0.1, 0.15) is 11.6 Å². The van der Waals surface area contributed by atoms with Crippen molar-refractivity contribution in [3.8, 4) is 0 Å². The number of rotatable bonds is 5. The Bertz CT molecular complexity index is 783. The van der Waals surface area contributed by atoms with E-state index in [4.69, 9.17) is 4.74 Å². The highest BCUT2D eigenvalue weighted by Crippen LogP contribution is 2.57. The summed E-state index contributed by atoms with van der Waals surface area (Å²) in [5.74, 6) is -1.38. The number of carbonyl (C=O) groups excluding carboxylic acids is 3.